The molecule has 3 heterocycles. The summed E-state index contributed by atoms with van der Waals surface area (Å²) in [5, 5.41) is 21.8. The van der Waals surface area contributed by atoms with Crippen LogP contribution in [0.3, 0.4) is 0 Å². The largest absolute Gasteiger partial charge is 0.402 e. The predicted octanol–water partition coefficient (Wildman–Crippen LogP) is 4.67. The Kier molecular flexibility index (Phi) is 5.08. The number of pyridine rings is 1. The first kappa shape index (κ1) is 22.0. The Hall–Kier alpha value is -2.81. The van der Waals surface area contributed by atoms with Crippen molar-refractivity contribution in [3.63, 3.8) is 0 Å². The average Bonchev–Trinajstić information content (AvgIpc) is 3.31. The molecule has 1 aliphatic heterocycles. The van der Waals surface area contributed by atoms with Crippen LogP contribution in [0, 0.1) is 6.92 Å². The van der Waals surface area contributed by atoms with Gasteiger partial charge in [0.2, 0.25) is 0 Å². The molecule has 33 heavy (non-hydrogen) atoms. The van der Waals surface area contributed by atoms with Crippen molar-refractivity contribution in [1.29, 1.82) is 0 Å². The molecule has 9 heteroatoms. The maximum Gasteiger partial charge on any atom is 0.316 e. The molecule has 1 saturated carbocycles. The minimum Gasteiger partial charge on any atom is -0.402 e. The Balaban J connectivity index is 1.54. The van der Waals surface area contributed by atoms with Crippen LogP contribution in [0.1, 0.15) is 51.2 Å². The molecule has 0 bridgehead atoms. The van der Waals surface area contributed by atoms with Gasteiger partial charge in [-0.1, -0.05) is 25.9 Å². The van der Waals surface area contributed by atoms with Gasteiger partial charge in [-0.2, -0.15) is 0 Å². The first-order chi connectivity index (χ1) is 15.5. The fourth-order valence-electron chi connectivity index (χ4n) is 4.56. The van der Waals surface area contributed by atoms with Crippen LogP contribution in [-0.4, -0.2) is 51.4 Å². The molecule has 2 fully saturated rings. The topological polar surface area (TPSA) is 87.3 Å². The first-order valence-electron chi connectivity index (χ1n) is 11.4. The molecule has 1 saturated heterocycles. The average molecular weight is 458 g/mol. The summed E-state index contributed by atoms with van der Waals surface area (Å²) in [6.07, 6.45) is 0.915. The van der Waals surface area contributed by atoms with E-state index in [-0.39, 0.29) is 30.5 Å². The van der Waals surface area contributed by atoms with Crippen LogP contribution in [0.25, 0.3) is 22.5 Å². The molecule has 0 spiro atoms. The van der Waals surface area contributed by atoms with Crippen molar-refractivity contribution in [3.05, 3.63) is 29.3 Å². The molecular formula is C24H29F2N5O2. The number of hydrogen-bond acceptors (Lipinski definition) is 7. The van der Waals surface area contributed by atoms with Crippen LogP contribution >= 0.6 is 0 Å². The minimum atomic E-state index is -2.66. The molecule has 1 aliphatic carbocycles. The highest BCUT2D eigenvalue weighted by molar-refractivity contribution is 5.91. The molecule has 0 amide bonds. The molecule has 0 unspecified atom stereocenters. The number of aliphatic hydroxyl groups is 1. The number of aliphatic hydroxyl groups excluding tert-OH is 1. The molecule has 7 nitrogen and oxygen atoms in total. The summed E-state index contributed by atoms with van der Waals surface area (Å²) in [4.78, 5) is 6.64. The number of nitrogens with one attached hydrogen (secondary N) is 1. The highest BCUT2D eigenvalue weighted by atomic mass is 19.3. The van der Waals surface area contributed by atoms with E-state index in [0.717, 1.165) is 27.7 Å². The van der Waals surface area contributed by atoms with Gasteiger partial charge in [0, 0.05) is 30.1 Å². The molecule has 3 aromatic rings. The minimum absolute atomic E-state index is 0.126. The summed E-state index contributed by atoms with van der Waals surface area (Å²) in [6, 6.07) is 6.27. The Bertz CT molecular complexity index is 1200. The van der Waals surface area contributed by atoms with Crippen LogP contribution in [0.5, 0.6) is 0 Å². The van der Waals surface area contributed by atoms with Crippen molar-refractivity contribution < 1.29 is 18.3 Å². The molecule has 2 aromatic heterocycles. The molecule has 1 aromatic carbocycles. The van der Waals surface area contributed by atoms with Gasteiger partial charge < -0.3 is 19.7 Å². The van der Waals surface area contributed by atoms with E-state index in [2.05, 4.69) is 36.3 Å². The number of hydrogen-bond donors (Lipinski definition) is 2. The molecule has 5 rings (SSSR count). The molecule has 2 N–H and O–H groups in total. The number of fused-ring (bicyclic) bond motifs is 1. The maximum atomic E-state index is 13.9. The Morgan fingerprint density at radius 2 is 1.94 bits per heavy atom. The van der Waals surface area contributed by atoms with Crippen LogP contribution in [0.15, 0.2) is 22.6 Å². The van der Waals surface area contributed by atoms with Crippen LogP contribution in [0.2, 0.25) is 0 Å². The van der Waals surface area contributed by atoms with E-state index in [0.29, 0.717) is 37.0 Å². The quantitative estimate of drug-likeness (QED) is 0.589. The number of nitrogens with zero attached hydrogens (tertiary/aromatic N) is 4. The zero-order chi connectivity index (χ0) is 23.5. The van der Waals surface area contributed by atoms with Gasteiger partial charge in [0.15, 0.2) is 0 Å². The van der Waals surface area contributed by atoms with Gasteiger partial charge in [-0.25, -0.2) is 13.8 Å². The van der Waals surface area contributed by atoms with E-state index >= 15 is 0 Å². The third-order valence-corrected chi connectivity index (χ3v) is 6.53. The fraction of sp³-hybridized carbons (Fsp3) is 0.542. The second kappa shape index (κ2) is 7.62. The summed E-state index contributed by atoms with van der Waals surface area (Å²) in [6.45, 7) is 8.33. The number of aryl methyl sites for hydroxylation is 1. The van der Waals surface area contributed by atoms with Crippen molar-refractivity contribution in [1.82, 2.24) is 15.2 Å². The summed E-state index contributed by atoms with van der Waals surface area (Å²) < 4.78 is 33.6. The standard InChI is InChI=1S/C24H29F2N5O2/c1-13-7-19(21-29-30-22(33-21)27-14-8-16(32)9-14)28-20-17(13)10-15(11-18(20)23(2,3)4)31-6-5-24(25,26)12-31/h7,10-11,14,16,32H,5-6,8-9,12H2,1-4H3,(H,27,30). The maximum absolute atomic E-state index is 13.9. The summed E-state index contributed by atoms with van der Waals surface area (Å²) in [5.74, 6) is -2.35. The zero-order valence-corrected chi connectivity index (χ0v) is 19.3. The van der Waals surface area contributed by atoms with Gasteiger partial charge in [0.05, 0.1) is 18.2 Å². The fourth-order valence-corrected chi connectivity index (χ4v) is 4.56. The molecule has 0 radical (unpaired) electrons. The first-order valence-corrected chi connectivity index (χ1v) is 11.4. The van der Waals surface area contributed by atoms with E-state index in [9.17, 15) is 13.9 Å². The van der Waals surface area contributed by atoms with Gasteiger partial charge in [-0.3, -0.25) is 0 Å². The molecule has 2 aliphatic rings. The van der Waals surface area contributed by atoms with Crippen LogP contribution in [0.4, 0.5) is 20.5 Å². The molecule has 0 atom stereocenters. The summed E-state index contributed by atoms with van der Waals surface area (Å²) in [7, 11) is 0. The second-order valence-corrected chi connectivity index (χ2v) is 10.4. The number of anilines is 2. The van der Waals surface area contributed by atoms with E-state index in [1.54, 1.807) is 4.90 Å². The van der Waals surface area contributed by atoms with E-state index in [1.165, 1.54) is 0 Å². The Labute approximate surface area is 191 Å². The van der Waals surface area contributed by atoms with Gasteiger partial charge >= 0.3 is 6.01 Å². The molecular weight excluding hydrogens is 428 g/mol. The lowest BCUT2D eigenvalue weighted by Crippen LogP contribution is -2.39. The monoisotopic (exact) mass is 457 g/mol. The lowest BCUT2D eigenvalue weighted by molar-refractivity contribution is 0.0257. The normalized spacial score (nSPS) is 22.6. The lowest BCUT2D eigenvalue weighted by atomic mass is 9.84. The Morgan fingerprint density at radius 1 is 1.18 bits per heavy atom. The van der Waals surface area contributed by atoms with Crippen molar-refractivity contribution in [2.24, 2.45) is 0 Å². The van der Waals surface area contributed by atoms with Crippen molar-refractivity contribution in [2.75, 3.05) is 23.3 Å². The number of rotatable bonds is 4. The van der Waals surface area contributed by atoms with Gasteiger partial charge in [0.25, 0.3) is 11.8 Å². The second-order valence-electron chi connectivity index (χ2n) is 10.4. The van der Waals surface area contributed by atoms with Crippen LogP contribution < -0.4 is 10.2 Å². The number of halogens is 2. The zero-order valence-electron chi connectivity index (χ0n) is 19.3. The smallest absolute Gasteiger partial charge is 0.316 e. The Morgan fingerprint density at radius 3 is 2.58 bits per heavy atom. The predicted molar refractivity (Wildman–Crippen MR) is 123 cm³/mol. The van der Waals surface area contributed by atoms with E-state index in [1.807, 2.05) is 25.1 Å². The van der Waals surface area contributed by atoms with Gasteiger partial charge in [0.1, 0.15) is 5.69 Å². The number of aromatic nitrogens is 3. The van der Waals surface area contributed by atoms with Crippen LogP contribution in [-0.2, 0) is 5.41 Å². The van der Waals surface area contributed by atoms with Crippen molar-refractivity contribution in [3.8, 4) is 11.6 Å². The third kappa shape index (κ3) is 4.26. The number of alkyl halides is 2. The van der Waals surface area contributed by atoms with E-state index in [4.69, 9.17) is 9.40 Å². The molecule has 176 valence electrons. The van der Waals surface area contributed by atoms with Gasteiger partial charge in [-0.15, -0.1) is 5.10 Å². The van der Waals surface area contributed by atoms with Gasteiger partial charge in [-0.05, 0) is 54.5 Å². The summed E-state index contributed by atoms with van der Waals surface area (Å²) in [5.41, 5.74) is 3.87. The van der Waals surface area contributed by atoms with Crippen molar-refractivity contribution in [2.45, 2.75) is 70.4 Å². The van der Waals surface area contributed by atoms with E-state index < -0.39 is 5.92 Å². The third-order valence-electron chi connectivity index (χ3n) is 6.53. The SMILES string of the molecule is Cc1cc(-c2nnc(NC3CC(O)C3)o2)nc2c(C(C)(C)C)cc(N3CCC(F)(F)C3)cc12. The van der Waals surface area contributed by atoms with Crippen molar-refractivity contribution >= 4 is 22.6 Å². The summed E-state index contributed by atoms with van der Waals surface area (Å²) >= 11 is 0. The highest BCUT2D eigenvalue weighted by Crippen LogP contribution is 2.39. The lowest BCUT2D eigenvalue weighted by Gasteiger charge is -2.30. The highest BCUT2D eigenvalue weighted by Gasteiger charge is 2.38. The number of benzene rings is 1.